The minimum atomic E-state index is 0.369. The van der Waals surface area contributed by atoms with E-state index in [4.69, 9.17) is 6.57 Å². The number of aromatic nitrogens is 2. The predicted octanol–water partition coefficient (Wildman–Crippen LogP) is 8.91. The summed E-state index contributed by atoms with van der Waals surface area (Å²) in [5.74, 6) is 0.369. The van der Waals surface area contributed by atoms with Gasteiger partial charge in [0.1, 0.15) is 18.0 Å². The number of rotatable bonds is 2. The zero-order valence-corrected chi connectivity index (χ0v) is 20.3. The van der Waals surface area contributed by atoms with Crippen molar-refractivity contribution >= 4 is 58.9 Å². The van der Waals surface area contributed by atoms with Crippen LogP contribution in [-0.4, -0.2) is 9.97 Å². The molecule has 4 aromatic carbocycles. The fourth-order valence-corrected chi connectivity index (χ4v) is 6.43. The Hall–Kier alpha value is -5.10. The third kappa shape index (κ3) is 3.27. The maximum atomic E-state index is 9.56. The highest BCUT2D eigenvalue weighted by atomic mass is 32.1. The molecular formula is C32H16N4S. The first-order valence-corrected chi connectivity index (χ1v) is 12.6. The first-order valence-electron chi connectivity index (χ1n) is 11.8. The van der Waals surface area contributed by atoms with Crippen LogP contribution >= 0.6 is 11.3 Å². The summed E-state index contributed by atoms with van der Waals surface area (Å²) in [5.41, 5.74) is 4.45. The van der Waals surface area contributed by atoms with Gasteiger partial charge in [0.25, 0.3) is 5.82 Å². The molecule has 37 heavy (non-hydrogen) atoms. The van der Waals surface area contributed by atoms with E-state index in [9.17, 15) is 5.26 Å². The largest absolute Gasteiger partial charge is 0.361 e. The quantitative estimate of drug-likeness (QED) is 0.180. The van der Waals surface area contributed by atoms with E-state index in [0.29, 0.717) is 11.5 Å². The molecule has 3 heterocycles. The van der Waals surface area contributed by atoms with Gasteiger partial charge in [-0.25, -0.2) is 4.98 Å². The van der Waals surface area contributed by atoms with Crippen molar-refractivity contribution in [3.05, 3.63) is 114 Å². The van der Waals surface area contributed by atoms with E-state index in [2.05, 4.69) is 69.4 Å². The van der Waals surface area contributed by atoms with Crippen molar-refractivity contribution in [1.82, 2.24) is 9.97 Å². The average molecular weight is 489 g/mol. The lowest BCUT2D eigenvalue weighted by atomic mass is 9.85. The molecule has 0 amide bonds. The summed E-state index contributed by atoms with van der Waals surface area (Å²) in [6.07, 6.45) is 3.41. The number of hydrogen-bond acceptors (Lipinski definition) is 4. The van der Waals surface area contributed by atoms with E-state index in [1.807, 2.05) is 36.4 Å². The fraction of sp³-hybridized carbons (Fsp3) is 0. The van der Waals surface area contributed by atoms with Crippen molar-refractivity contribution in [3.8, 4) is 28.3 Å². The molecule has 0 aliphatic heterocycles. The summed E-state index contributed by atoms with van der Waals surface area (Å²) in [6, 6.07) is 31.3. The molecule has 0 saturated carbocycles. The Bertz CT molecular complexity index is 2130. The molecule has 0 saturated heterocycles. The molecule has 0 atom stereocenters. The van der Waals surface area contributed by atoms with Gasteiger partial charge in [0.2, 0.25) is 0 Å². The van der Waals surface area contributed by atoms with Crippen molar-refractivity contribution in [1.29, 1.82) is 5.26 Å². The topological polar surface area (TPSA) is 53.9 Å². The Morgan fingerprint density at radius 3 is 2.03 bits per heavy atom. The number of pyridine rings is 2. The fourth-order valence-electron chi connectivity index (χ4n) is 5.30. The third-order valence-electron chi connectivity index (χ3n) is 6.83. The minimum Gasteiger partial charge on any atom is -0.361 e. The molecular weight excluding hydrogens is 472 g/mol. The molecule has 0 N–H and O–H groups in total. The summed E-state index contributed by atoms with van der Waals surface area (Å²) in [7, 11) is 0. The highest BCUT2D eigenvalue weighted by Crippen LogP contribution is 2.47. The Kier molecular flexibility index (Phi) is 4.72. The van der Waals surface area contributed by atoms with Gasteiger partial charge < -0.3 is 4.85 Å². The maximum absolute atomic E-state index is 9.56. The average Bonchev–Trinajstić information content (AvgIpc) is 3.32. The summed E-state index contributed by atoms with van der Waals surface area (Å²) in [6.45, 7) is 7.52. The van der Waals surface area contributed by atoms with Crippen molar-refractivity contribution < 1.29 is 0 Å². The van der Waals surface area contributed by atoms with Crippen LogP contribution in [0.2, 0.25) is 0 Å². The van der Waals surface area contributed by atoms with Gasteiger partial charge in [-0.1, -0.05) is 49.0 Å². The van der Waals surface area contributed by atoms with Crippen LogP contribution in [0.15, 0.2) is 97.3 Å². The van der Waals surface area contributed by atoms with Gasteiger partial charge in [-0.15, -0.1) is 16.3 Å². The van der Waals surface area contributed by atoms with E-state index in [1.165, 1.54) is 20.2 Å². The van der Waals surface area contributed by atoms with Crippen LogP contribution in [0.5, 0.6) is 0 Å². The Morgan fingerprint density at radius 1 is 0.649 bits per heavy atom. The molecule has 0 bridgehead atoms. The van der Waals surface area contributed by atoms with Crippen LogP contribution in [0, 0.1) is 17.9 Å². The third-order valence-corrected chi connectivity index (χ3v) is 7.97. The monoisotopic (exact) mass is 488 g/mol. The van der Waals surface area contributed by atoms with Gasteiger partial charge >= 0.3 is 0 Å². The smallest absolute Gasteiger partial charge is 0.270 e. The Labute approximate surface area is 216 Å². The van der Waals surface area contributed by atoms with E-state index in [0.717, 1.165) is 43.8 Å². The second-order valence-corrected chi connectivity index (χ2v) is 9.93. The van der Waals surface area contributed by atoms with Crippen molar-refractivity contribution in [2.75, 3.05) is 0 Å². The van der Waals surface area contributed by atoms with Gasteiger partial charge in [-0.05, 0) is 86.3 Å². The zero-order valence-electron chi connectivity index (χ0n) is 19.4. The van der Waals surface area contributed by atoms with Crippen LogP contribution < -0.4 is 0 Å². The minimum absolute atomic E-state index is 0.369. The molecule has 7 aromatic rings. The van der Waals surface area contributed by atoms with Gasteiger partial charge in [-0.2, -0.15) is 5.26 Å². The van der Waals surface area contributed by atoms with Crippen molar-refractivity contribution in [3.63, 3.8) is 0 Å². The highest BCUT2D eigenvalue weighted by molar-refractivity contribution is 7.25. The number of fused-ring (bicyclic) bond motifs is 5. The maximum Gasteiger partial charge on any atom is 0.270 e. The molecule has 0 radical (unpaired) electrons. The SMILES string of the molecule is [C-]#[N+]c1cc(-c2c3ccccc3c(-c3ccnc(C#N)c3)c3cc4sc5ccccc5c4cc23)ccn1. The van der Waals surface area contributed by atoms with Gasteiger partial charge in [-0.3, -0.25) is 0 Å². The standard InChI is InChI=1S/C32H16N4S/c1-34-30-15-20(11-13-36-30)32-24-8-3-2-7-23(24)31(19-10-12-35-21(14-19)18-33)27-17-29-25(16-26(27)32)22-6-4-5-9-28(22)37-29/h2-17H. The molecule has 0 aliphatic carbocycles. The number of benzene rings is 4. The van der Waals surface area contributed by atoms with Crippen LogP contribution in [0.25, 0.3) is 68.8 Å². The Morgan fingerprint density at radius 2 is 1.30 bits per heavy atom. The lowest BCUT2D eigenvalue weighted by molar-refractivity contribution is 1.27. The predicted molar refractivity (Wildman–Crippen MR) is 152 cm³/mol. The molecule has 170 valence electrons. The number of nitriles is 1. The molecule has 0 fully saturated rings. The van der Waals surface area contributed by atoms with E-state index < -0.39 is 0 Å². The summed E-state index contributed by atoms with van der Waals surface area (Å²) < 4.78 is 2.46. The van der Waals surface area contributed by atoms with Crippen LogP contribution in [0.1, 0.15) is 5.69 Å². The zero-order chi connectivity index (χ0) is 24.9. The van der Waals surface area contributed by atoms with Crippen molar-refractivity contribution in [2.45, 2.75) is 0 Å². The van der Waals surface area contributed by atoms with Crippen molar-refractivity contribution in [2.24, 2.45) is 0 Å². The van der Waals surface area contributed by atoms with Gasteiger partial charge in [0.05, 0.1) is 0 Å². The molecule has 7 rings (SSSR count). The second kappa shape index (κ2) is 8.24. The summed E-state index contributed by atoms with van der Waals surface area (Å²) >= 11 is 1.79. The lowest BCUT2D eigenvalue weighted by Crippen LogP contribution is -1.92. The lowest BCUT2D eigenvalue weighted by Gasteiger charge is -2.18. The molecule has 0 unspecified atom stereocenters. The van der Waals surface area contributed by atoms with Crippen LogP contribution in [0.3, 0.4) is 0 Å². The second-order valence-electron chi connectivity index (χ2n) is 8.84. The van der Waals surface area contributed by atoms with E-state index in [1.54, 1.807) is 23.7 Å². The first-order chi connectivity index (χ1) is 18.2. The van der Waals surface area contributed by atoms with Crippen LogP contribution in [-0.2, 0) is 0 Å². The summed E-state index contributed by atoms with van der Waals surface area (Å²) in [4.78, 5) is 12.0. The van der Waals surface area contributed by atoms with Crippen LogP contribution in [0.4, 0.5) is 5.82 Å². The Balaban J connectivity index is 1.74. The molecule has 4 nitrogen and oxygen atoms in total. The van der Waals surface area contributed by atoms with Gasteiger partial charge in [0.15, 0.2) is 0 Å². The van der Waals surface area contributed by atoms with E-state index in [-0.39, 0.29) is 0 Å². The molecule has 3 aromatic heterocycles. The first kappa shape index (κ1) is 21.2. The molecule has 0 aliphatic rings. The number of nitrogens with zero attached hydrogens (tertiary/aromatic N) is 4. The van der Waals surface area contributed by atoms with E-state index >= 15 is 0 Å². The highest BCUT2D eigenvalue weighted by Gasteiger charge is 2.19. The van der Waals surface area contributed by atoms with Gasteiger partial charge in [0, 0.05) is 26.4 Å². The molecule has 5 heteroatoms. The molecule has 0 spiro atoms. The number of hydrogen-bond donors (Lipinski definition) is 0. The number of thiophene rings is 1. The normalized spacial score (nSPS) is 11.2. The summed E-state index contributed by atoms with van der Waals surface area (Å²) in [5, 5.41) is 16.4.